The highest BCUT2D eigenvalue weighted by Crippen LogP contribution is 2.42. The number of anilines is 5. The minimum absolute atomic E-state index is 0.0313. The number of halogens is 1. The second-order valence-corrected chi connectivity index (χ2v) is 22.0. The van der Waals surface area contributed by atoms with Gasteiger partial charge in [0, 0.05) is 88.0 Å². The van der Waals surface area contributed by atoms with Gasteiger partial charge in [-0.2, -0.15) is 4.98 Å². The Kier molecular flexibility index (Phi) is 13.3. The number of nitrogens with zero attached hydrogens (tertiary/aromatic N) is 7. The van der Waals surface area contributed by atoms with Crippen LogP contribution in [-0.2, 0) is 25.4 Å². The molecule has 1 aliphatic carbocycles. The summed E-state index contributed by atoms with van der Waals surface area (Å²) in [7, 11) is -1.11. The van der Waals surface area contributed by atoms with E-state index in [1.165, 1.54) is 5.56 Å². The van der Waals surface area contributed by atoms with Crippen LogP contribution in [0.3, 0.4) is 0 Å². The number of imide groups is 1. The van der Waals surface area contributed by atoms with Crippen LogP contribution < -0.4 is 35.6 Å². The Bertz CT molecular complexity index is 2700. The monoisotopic (exact) mass is 978 g/mol. The van der Waals surface area contributed by atoms with Gasteiger partial charge in [0.15, 0.2) is 0 Å². The molecule has 0 radical (unpaired) electrons. The number of piperidine rings is 2. The summed E-state index contributed by atoms with van der Waals surface area (Å²) >= 11 is 3.59. The summed E-state index contributed by atoms with van der Waals surface area (Å²) in [5.41, 5.74) is 5.85. The quantitative estimate of drug-likeness (QED) is 0.0811. The van der Waals surface area contributed by atoms with Crippen LogP contribution in [-0.4, -0.2) is 119 Å². The van der Waals surface area contributed by atoms with Gasteiger partial charge in [-0.25, -0.2) is 4.98 Å². The van der Waals surface area contributed by atoms with Crippen molar-refractivity contribution in [3.8, 4) is 11.5 Å². The molecule has 3 aromatic carbocycles. The Morgan fingerprint density at radius 1 is 0.924 bits per heavy atom. The maximum absolute atomic E-state index is 13.5. The van der Waals surface area contributed by atoms with Crippen LogP contribution in [0.1, 0.15) is 62.5 Å². The van der Waals surface area contributed by atoms with E-state index in [9.17, 15) is 18.9 Å². The molecule has 4 fully saturated rings. The molecule has 0 spiro atoms. The number of aromatic nitrogens is 4. The fraction of sp³-hybridized carbons (Fsp3) is 0.438. The second-order valence-electron chi connectivity index (χ2n) is 18.0. The number of piperazine rings is 1. The summed E-state index contributed by atoms with van der Waals surface area (Å²) in [6.45, 7) is 10.7. The molecular formula is C48H56BrN10O6P. The van der Waals surface area contributed by atoms with Crippen molar-refractivity contribution in [1.29, 1.82) is 0 Å². The molecule has 4 aliphatic rings. The van der Waals surface area contributed by atoms with Crippen molar-refractivity contribution < 1.29 is 28.4 Å². The normalized spacial score (nSPS) is 20.7. The van der Waals surface area contributed by atoms with Crippen LogP contribution >= 0.6 is 23.1 Å². The molecule has 3 saturated heterocycles. The molecule has 5 heterocycles. The third kappa shape index (κ3) is 9.75. The van der Waals surface area contributed by atoms with Crippen LogP contribution in [0, 0.1) is 5.92 Å². The number of hydrogen-bond acceptors (Lipinski definition) is 14. The Hall–Kier alpha value is -5.64. The van der Waals surface area contributed by atoms with Crippen LogP contribution in [0.15, 0.2) is 71.6 Å². The zero-order chi connectivity index (χ0) is 46.1. The van der Waals surface area contributed by atoms with Gasteiger partial charge in [-0.1, -0.05) is 19.1 Å². The number of fused-ring (bicyclic) bond motifs is 1. The summed E-state index contributed by atoms with van der Waals surface area (Å²) in [4.78, 5) is 62.9. The van der Waals surface area contributed by atoms with Crippen molar-refractivity contribution >= 4 is 86.0 Å². The third-order valence-corrected chi connectivity index (χ3v) is 15.5. The van der Waals surface area contributed by atoms with Gasteiger partial charge in [-0.15, -0.1) is 0 Å². The minimum atomic E-state index is -2.78. The average Bonchev–Trinajstić information content (AvgIpc) is 3.30. The van der Waals surface area contributed by atoms with E-state index in [2.05, 4.69) is 75.7 Å². The van der Waals surface area contributed by atoms with E-state index in [1.807, 2.05) is 41.3 Å². The number of carbonyl (C=O) groups excluding carboxylic acids is 3. The highest BCUT2D eigenvalue weighted by Gasteiger charge is 2.40. The molecule has 1 saturated carbocycles. The van der Waals surface area contributed by atoms with Crippen molar-refractivity contribution in [2.75, 3.05) is 75.2 Å². The summed E-state index contributed by atoms with van der Waals surface area (Å²) in [6.07, 6.45) is 9.96. The standard InChI is InChI=1S/C48H56BrN10O6P/c1-5-29-26-39(54-48-52-28-36(49)45(56-48)53-38-11-10-37-43(51-16-15-50-37)44(38)66(3,4)63)41(64-2)27-40(29)58-17-13-32(14-18-58)57-19-21-59(22-20-57)47(62)31-24-34(25-31)65-33-8-6-7-30(23-33)35-9-12-42(60)55-46(35)61/h6-8,10-11,15-16,23,26-28,31-32,34-35H,5,9,12-14,17-22,24-25H2,1-4H3,(H,55,60,61)(H2,52,53,54,56). The SMILES string of the molecule is CCc1cc(Nc2ncc(Br)c(Nc3ccc4nccnc4c3P(C)(C)=O)n2)c(OC)cc1N1CCC(N2CCN(C(=O)C3CC(Oc4cccc(C5CCC(=O)NC5=O)c4)C3)CC2)CC1. The van der Waals surface area contributed by atoms with Gasteiger partial charge in [-0.3, -0.25) is 34.6 Å². The van der Waals surface area contributed by atoms with E-state index in [-0.39, 0.29) is 35.7 Å². The lowest BCUT2D eigenvalue weighted by Crippen LogP contribution is -2.56. The predicted octanol–water partition coefficient (Wildman–Crippen LogP) is 6.98. The van der Waals surface area contributed by atoms with Crippen LogP contribution in [0.2, 0.25) is 0 Å². The van der Waals surface area contributed by atoms with Gasteiger partial charge in [0.25, 0.3) is 0 Å². The number of benzene rings is 3. The number of ether oxygens (including phenoxy) is 2. The first-order chi connectivity index (χ1) is 31.8. The zero-order valence-electron chi connectivity index (χ0n) is 37.8. The van der Waals surface area contributed by atoms with Crippen LogP contribution in [0.25, 0.3) is 11.0 Å². The molecule has 2 aromatic heterocycles. The van der Waals surface area contributed by atoms with Gasteiger partial charge in [0.05, 0.1) is 39.7 Å². The Labute approximate surface area is 393 Å². The molecule has 3 N–H and O–H groups in total. The van der Waals surface area contributed by atoms with E-state index in [0.29, 0.717) is 81.5 Å². The molecule has 9 rings (SSSR count). The summed E-state index contributed by atoms with van der Waals surface area (Å²) in [5, 5.41) is 9.81. The topological polar surface area (TPSA) is 184 Å². The van der Waals surface area contributed by atoms with Gasteiger partial charge < -0.3 is 34.5 Å². The average molecular weight is 980 g/mol. The largest absolute Gasteiger partial charge is 0.494 e. The van der Waals surface area contributed by atoms with E-state index in [1.54, 1.807) is 39.0 Å². The molecule has 1 unspecified atom stereocenters. The highest BCUT2D eigenvalue weighted by atomic mass is 79.9. The predicted molar refractivity (Wildman–Crippen MR) is 259 cm³/mol. The lowest BCUT2D eigenvalue weighted by atomic mass is 9.81. The molecule has 18 heteroatoms. The number of methoxy groups -OCH3 is 1. The molecule has 16 nitrogen and oxygen atoms in total. The van der Waals surface area contributed by atoms with Gasteiger partial charge >= 0.3 is 0 Å². The van der Waals surface area contributed by atoms with Crippen molar-refractivity contribution in [3.05, 3.63) is 82.7 Å². The fourth-order valence-corrected chi connectivity index (χ4v) is 11.5. The number of carbonyl (C=O) groups is 3. The van der Waals surface area contributed by atoms with Crippen molar-refractivity contribution in [2.45, 2.75) is 69.9 Å². The Morgan fingerprint density at radius 3 is 2.42 bits per heavy atom. The Morgan fingerprint density at radius 2 is 1.70 bits per heavy atom. The number of amides is 3. The van der Waals surface area contributed by atoms with Gasteiger partial charge in [0.1, 0.15) is 36.1 Å². The van der Waals surface area contributed by atoms with E-state index in [0.717, 1.165) is 75.5 Å². The van der Waals surface area contributed by atoms with Crippen molar-refractivity contribution in [3.63, 3.8) is 0 Å². The number of hydrogen-bond donors (Lipinski definition) is 3. The lowest BCUT2D eigenvalue weighted by molar-refractivity contribution is -0.143. The van der Waals surface area contributed by atoms with Crippen molar-refractivity contribution in [1.82, 2.24) is 35.1 Å². The molecule has 5 aromatic rings. The van der Waals surface area contributed by atoms with Crippen molar-refractivity contribution in [2.24, 2.45) is 5.92 Å². The molecule has 66 heavy (non-hydrogen) atoms. The molecule has 0 bridgehead atoms. The second kappa shape index (κ2) is 19.3. The molecule has 1 atom stereocenters. The van der Waals surface area contributed by atoms with Gasteiger partial charge in [0.2, 0.25) is 23.7 Å². The van der Waals surface area contributed by atoms with Gasteiger partial charge in [-0.05, 0) is 109 Å². The highest BCUT2D eigenvalue weighted by molar-refractivity contribution is 9.10. The molecule has 346 valence electrons. The zero-order valence-corrected chi connectivity index (χ0v) is 40.2. The number of rotatable bonds is 13. The lowest BCUT2D eigenvalue weighted by Gasteiger charge is -2.45. The number of aryl methyl sites for hydroxylation is 1. The van der Waals surface area contributed by atoms with E-state index in [4.69, 9.17) is 14.5 Å². The number of nitrogens with one attached hydrogen (secondary N) is 3. The molecular weight excluding hydrogens is 923 g/mol. The molecule has 3 aliphatic heterocycles. The fourth-order valence-electron chi connectivity index (χ4n) is 9.80. The van der Waals surface area contributed by atoms with E-state index >= 15 is 0 Å². The third-order valence-electron chi connectivity index (χ3n) is 13.4. The maximum atomic E-state index is 13.5. The van der Waals surface area contributed by atoms with E-state index < -0.39 is 7.14 Å². The molecule has 3 amide bonds. The minimum Gasteiger partial charge on any atom is -0.494 e. The smallest absolute Gasteiger partial charge is 0.234 e. The maximum Gasteiger partial charge on any atom is 0.234 e. The Balaban J connectivity index is 0.773. The summed E-state index contributed by atoms with van der Waals surface area (Å²) < 4.78 is 26.4. The van der Waals surface area contributed by atoms with Crippen LogP contribution in [0.5, 0.6) is 11.5 Å². The summed E-state index contributed by atoms with van der Waals surface area (Å²) in [5.74, 6) is 1.59. The first-order valence-electron chi connectivity index (χ1n) is 22.8. The first kappa shape index (κ1) is 45.5. The first-order valence-corrected chi connectivity index (χ1v) is 26.2. The summed E-state index contributed by atoms with van der Waals surface area (Å²) in [6, 6.07) is 16.0. The van der Waals surface area contributed by atoms with Crippen LogP contribution in [0.4, 0.5) is 28.8 Å².